The normalized spacial score (nSPS) is 12.3. The van der Waals surface area contributed by atoms with Crippen LogP contribution in [0.3, 0.4) is 0 Å². The van der Waals surface area contributed by atoms with Crippen LogP contribution in [0.5, 0.6) is 11.5 Å². The number of hydrogen-bond donors (Lipinski definition) is 1. The molecule has 1 aromatic rings. The highest BCUT2D eigenvalue weighted by molar-refractivity contribution is 5.31. The lowest BCUT2D eigenvalue weighted by molar-refractivity contribution is -0.274. The van der Waals surface area contributed by atoms with Gasteiger partial charge in [-0.2, -0.15) is 0 Å². The third kappa shape index (κ3) is 6.65. The minimum atomic E-state index is -4.67. The number of alkyl halides is 3. The average Bonchev–Trinajstić information content (AvgIpc) is 2.30. The molecule has 1 N–H and O–H groups in total. The second-order valence-corrected chi connectivity index (χ2v) is 5.06. The van der Waals surface area contributed by atoms with Crippen molar-refractivity contribution in [2.75, 3.05) is 13.1 Å². The van der Waals surface area contributed by atoms with Crippen LogP contribution < -0.4 is 14.8 Å². The molecular formula is C14H20F3NO2. The van der Waals surface area contributed by atoms with Gasteiger partial charge in [0.05, 0.1) is 0 Å². The molecule has 114 valence electrons. The van der Waals surface area contributed by atoms with Crippen LogP contribution in [0.25, 0.3) is 0 Å². The van der Waals surface area contributed by atoms with Crippen molar-refractivity contribution in [3.8, 4) is 11.5 Å². The monoisotopic (exact) mass is 291 g/mol. The van der Waals surface area contributed by atoms with Crippen molar-refractivity contribution in [1.82, 2.24) is 5.32 Å². The Balaban J connectivity index is 2.56. The summed E-state index contributed by atoms with van der Waals surface area (Å²) in [4.78, 5) is 0. The molecule has 3 nitrogen and oxygen atoms in total. The third-order valence-electron chi connectivity index (χ3n) is 2.43. The molecule has 0 fully saturated rings. The highest BCUT2D eigenvalue weighted by atomic mass is 19.4. The van der Waals surface area contributed by atoms with Gasteiger partial charge in [-0.1, -0.05) is 6.92 Å². The Hall–Kier alpha value is -1.43. The van der Waals surface area contributed by atoms with E-state index in [1.165, 1.54) is 24.3 Å². The van der Waals surface area contributed by atoms with Gasteiger partial charge in [0.25, 0.3) is 0 Å². The van der Waals surface area contributed by atoms with Crippen molar-refractivity contribution in [3.05, 3.63) is 24.3 Å². The summed E-state index contributed by atoms with van der Waals surface area (Å²) in [5.41, 5.74) is -0.443. The maximum Gasteiger partial charge on any atom is 0.573 e. The van der Waals surface area contributed by atoms with Crippen molar-refractivity contribution < 1.29 is 22.6 Å². The Morgan fingerprint density at radius 2 is 1.50 bits per heavy atom. The van der Waals surface area contributed by atoms with Gasteiger partial charge in [0.15, 0.2) is 0 Å². The zero-order valence-corrected chi connectivity index (χ0v) is 11.9. The molecule has 0 radical (unpaired) electrons. The molecular weight excluding hydrogens is 271 g/mol. The molecule has 0 saturated heterocycles. The number of ether oxygens (including phenoxy) is 2. The quantitative estimate of drug-likeness (QED) is 0.776. The van der Waals surface area contributed by atoms with Crippen LogP contribution >= 0.6 is 0 Å². The molecule has 1 aromatic carbocycles. The van der Waals surface area contributed by atoms with E-state index in [0.717, 1.165) is 13.0 Å². The van der Waals surface area contributed by atoms with Crippen LogP contribution in [0.4, 0.5) is 13.2 Å². The van der Waals surface area contributed by atoms with E-state index in [-0.39, 0.29) is 5.75 Å². The lowest BCUT2D eigenvalue weighted by atomic mass is 10.1. The molecule has 0 saturated carbocycles. The molecule has 0 aliphatic rings. The van der Waals surface area contributed by atoms with Gasteiger partial charge >= 0.3 is 6.36 Å². The van der Waals surface area contributed by atoms with Crippen LogP contribution in [0.2, 0.25) is 0 Å². The largest absolute Gasteiger partial charge is 0.573 e. The lowest BCUT2D eigenvalue weighted by Gasteiger charge is -2.27. The van der Waals surface area contributed by atoms with E-state index in [2.05, 4.69) is 17.0 Å². The minimum Gasteiger partial charge on any atom is -0.487 e. The number of benzene rings is 1. The second-order valence-electron chi connectivity index (χ2n) is 5.06. The minimum absolute atomic E-state index is 0.258. The molecule has 0 bridgehead atoms. The zero-order valence-electron chi connectivity index (χ0n) is 11.9. The predicted molar refractivity (Wildman–Crippen MR) is 71.0 cm³/mol. The van der Waals surface area contributed by atoms with E-state index < -0.39 is 12.0 Å². The van der Waals surface area contributed by atoms with Crippen molar-refractivity contribution >= 4 is 0 Å². The van der Waals surface area contributed by atoms with Gasteiger partial charge in [0, 0.05) is 6.54 Å². The summed E-state index contributed by atoms with van der Waals surface area (Å²) in [6, 6.07) is 5.39. The van der Waals surface area contributed by atoms with E-state index >= 15 is 0 Å². The summed E-state index contributed by atoms with van der Waals surface area (Å²) in [7, 11) is 0. The molecule has 6 heteroatoms. The van der Waals surface area contributed by atoms with Gasteiger partial charge in [0.2, 0.25) is 0 Å². The standard InChI is InChI=1S/C14H20F3NO2/c1-4-9-18-10-13(2,3)19-11-5-7-12(8-6-11)20-14(15,16)17/h5-8,18H,4,9-10H2,1-3H3. The van der Waals surface area contributed by atoms with Crippen molar-refractivity contribution in [3.63, 3.8) is 0 Å². The molecule has 0 heterocycles. The second kappa shape index (κ2) is 6.83. The molecule has 0 atom stereocenters. The molecule has 0 unspecified atom stereocenters. The first kappa shape index (κ1) is 16.6. The first-order chi connectivity index (χ1) is 9.22. The SMILES string of the molecule is CCCNCC(C)(C)Oc1ccc(OC(F)(F)F)cc1. The van der Waals surface area contributed by atoms with Crippen molar-refractivity contribution in [2.24, 2.45) is 0 Å². The van der Waals surface area contributed by atoms with Crippen LogP contribution in [0, 0.1) is 0 Å². The maximum atomic E-state index is 12.0. The highest BCUT2D eigenvalue weighted by Gasteiger charge is 2.31. The fourth-order valence-electron chi connectivity index (χ4n) is 1.63. The summed E-state index contributed by atoms with van der Waals surface area (Å²) >= 11 is 0. The molecule has 1 rings (SSSR count). The van der Waals surface area contributed by atoms with E-state index in [9.17, 15) is 13.2 Å². The summed E-state index contributed by atoms with van der Waals surface area (Å²) in [5.74, 6) is 0.245. The van der Waals surface area contributed by atoms with Crippen molar-refractivity contribution in [2.45, 2.75) is 39.2 Å². The maximum absolute atomic E-state index is 12.0. The fourth-order valence-corrected chi connectivity index (χ4v) is 1.63. The number of halogens is 3. The third-order valence-corrected chi connectivity index (χ3v) is 2.43. The van der Waals surface area contributed by atoms with Crippen LogP contribution in [-0.4, -0.2) is 25.1 Å². The molecule has 0 aromatic heterocycles. The van der Waals surface area contributed by atoms with E-state index in [1.807, 2.05) is 13.8 Å². The van der Waals surface area contributed by atoms with Gasteiger partial charge in [-0.15, -0.1) is 13.2 Å². The topological polar surface area (TPSA) is 30.5 Å². The Labute approximate surface area is 117 Å². The van der Waals surface area contributed by atoms with Crippen LogP contribution in [0.1, 0.15) is 27.2 Å². The van der Waals surface area contributed by atoms with Gasteiger partial charge < -0.3 is 14.8 Å². The van der Waals surface area contributed by atoms with E-state index in [1.54, 1.807) is 0 Å². The van der Waals surface area contributed by atoms with Crippen LogP contribution in [-0.2, 0) is 0 Å². The predicted octanol–water partition coefficient (Wildman–Crippen LogP) is 3.74. The summed E-state index contributed by atoms with van der Waals surface area (Å²) < 4.78 is 45.6. The molecule has 0 spiro atoms. The molecule has 0 amide bonds. The zero-order chi connectivity index (χ0) is 15.2. The van der Waals surface area contributed by atoms with E-state index in [4.69, 9.17) is 4.74 Å². The lowest BCUT2D eigenvalue weighted by Crippen LogP contribution is -2.40. The molecule has 0 aliphatic heterocycles. The first-order valence-corrected chi connectivity index (χ1v) is 6.47. The van der Waals surface area contributed by atoms with Gasteiger partial charge in [-0.25, -0.2) is 0 Å². The first-order valence-electron chi connectivity index (χ1n) is 6.47. The Kier molecular flexibility index (Phi) is 5.68. The Morgan fingerprint density at radius 3 is 1.95 bits per heavy atom. The van der Waals surface area contributed by atoms with Gasteiger partial charge in [0.1, 0.15) is 17.1 Å². The summed E-state index contributed by atoms with van der Waals surface area (Å²) in [6.07, 6.45) is -3.65. The summed E-state index contributed by atoms with van der Waals surface area (Å²) in [6.45, 7) is 7.44. The fraction of sp³-hybridized carbons (Fsp3) is 0.571. The van der Waals surface area contributed by atoms with Crippen molar-refractivity contribution in [1.29, 1.82) is 0 Å². The molecule has 20 heavy (non-hydrogen) atoms. The summed E-state index contributed by atoms with van der Waals surface area (Å²) in [5, 5.41) is 3.24. The Morgan fingerprint density at radius 1 is 1.00 bits per heavy atom. The number of hydrogen-bond acceptors (Lipinski definition) is 3. The smallest absolute Gasteiger partial charge is 0.487 e. The number of nitrogens with one attached hydrogen (secondary N) is 1. The highest BCUT2D eigenvalue weighted by Crippen LogP contribution is 2.26. The average molecular weight is 291 g/mol. The van der Waals surface area contributed by atoms with Gasteiger partial charge in [-0.3, -0.25) is 0 Å². The Bertz CT molecular complexity index is 402. The van der Waals surface area contributed by atoms with Crippen LogP contribution in [0.15, 0.2) is 24.3 Å². The van der Waals surface area contributed by atoms with E-state index in [0.29, 0.717) is 12.3 Å². The van der Waals surface area contributed by atoms with Gasteiger partial charge in [-0.05, 0) is 51.1 Å². The number of rotatable bonds is 7. The molecule has 0 aliphatic carbocycles.